The molecule has 1 N–H and O–H groups in total. The number of amides is 2. The molecule has 2 unspecified atom stereocenters. The Bertz CT molecular complexity index is 326. The zero-order chi connectivity index (χ0) is 13.1. The quantitative estimate of drug-likeness (QED) is 0.799. The molecular formula is C13H22N2O3. The van der Waals surface area contributed by atoms with E-state index in [9.17, 15) is 9.59 Å². The lowest BCUT2D eigenvalue weighted by Crippen LogP contribution is -2.61. The summed E-state index contributed by atoms with van der Waals surface area (Å²) in [6, 6.07) is 0.126. The maximum Gasteiger partial charge on any atom is 0.226 e. The van der Waals surface area contributed by atoms with Gasteiger partial charge in [-0.25, -0.2) is 0 Å². The first-order chi connectivity index (χ1) is 8.61. The fourth-order valence-corrected chi connectivity index (χ4v) is 2.68. The van der Waals surface area contributed by atoms with Crippen molar-refractivity contribution < 1.29 is 14.3 Å². The van der Waals surface area contributed by atoms with Crippen LogP contribution < -0.4 is 5.32 Å². The number of nitrogens with one attached hydrogen (secondary N) is 1. The third kappa shape index (κ3) is 2.83. The number of nitrogens with zero attached hydrogens (tertiary/aromatic N) is 1. The third-order valence-electron chi connectivity index (χ3n) is 3.85. The summed E-state index contributed by atoms with van der Waals surface area (Å²) in [5, 5.41) is 3.02. The molecule has 2 atom stereocenters. The van der Waals surface area contributed by atoms with Gasteiger partial charge >= 0.3 is 0 Å². The summed E-state index contributed by atoms with van der Waals surface area (Å²) in [5.74, 6) is 0.151. The zero-order valence-corrected chi connectivity index (χ0v) is 11.1. The fourth-order valence-electron chi connectivity index (χ4n) is 2.68. The normalized spacial score (nSPS) is 28.7. The molecule has 2 aliphatic heterocycles. The minimum atomic E-state index is -0.0184. The number of carbonyl (C=O) groups excluding carboxylic acids is 2. The Morgan fingerprint density at radius 2 is 2.11 bits per heavy atom. The smallest absolute Gasteiger partial charge is 0.226 e. The molecule has 0 aliphatic carbocycles. The van der Waals surface area contributed by atoms with Gasteiger partial charge < -0.3 is 15.0 Å². The van der Waals surface area contributed by atoms with Crippen molar-refractivity contribution in [2.45, 2.75) is 45.3 Å². The zero-order valence-electron chi connectivity index (χ0n) is 11.1. The van der Waals surface area contributed by atoms with Gasteiger partial charge in [-0.3, -0.25) is 9.59 Å². The van der Waals surface area contributed by atoms with Crippen molar-refractivity contribution in [2.24, 2.45) is 5.92 Å². The molecule has 2 aliphatic rings. The summed E-state index contributed by atoms with van der Waals surface area (Å²) >= 11 is 0. The number of rotatable bonds is 3. The predicted molar refractivity (Wildman–Crippen MR) is 66.9 cm³/mol. The summed E-state index contributed by atoms with van der Waals surface area (Å²) in [6.45, 7) is 5.66. The molecule has 0 aromatic rings. The maximum absolute atomic E-state index is 12.2. The highest BCUT2D eigenvalue weighted by Gasteiger charge is 2.35. The fraction of sp³-hybridized carbons (Fsp3) is 0.846. The van der Waals surface area contributed by atoms with Gasteiger partial charge in [0.15, 0.2) is 0 Å². The van der Waals surface area contributed by atoms with Crippen molar-refractivity contribution in [1.29, 1.82) is 0 Å². The minimum absolute atomic E-state index is 0.0184. The number of hydrogen-bond donors (Lipinski definition) is 1. The Kier molecular flexibility index (Phi) is 4.22. The first-order valence-corrected chi connectivity index (χ1v) is 6.79. The summed E-state index contributed by atoms with van der Waals surface area (Å²) in [7, 11) is 0. The second-order valence-electron chi connectivity index (χ2n) is 5.20. The van der Waals surface area contributed by atoms with Crippen LogP contribution in [0.25, 0.3) is 0 Å². The Labute approximate surface area is 108 Å². The van der Waals surface area contributed by atoms with Gasteiger partial charge in [-0.1, -0.05) is 6.92 Å². The Hall–Kier alpha value is -1.10. The first kappa shape index (κ1) is 13.3. The van der Waals surface area contributed by atoms with E-state index >= 15 is 0 Å². The largest absolute Gasteiger partial charge is 0.377 e. The van der Waals surface area contributed by atoms with Gasteiger partial charge in [-0.15, -0.1) is 0 Å². The number of ether oxygens (including phenoxy) is 1. The molecule has 102 valence electrons. The summed E-state index contributed by atoms with van der Waals surface area (Å²) in [6.07, 6.45) is 2.80. The topological polar surface area (TPSA) is 58.6 Å². The van der Waals surface area contributed by atoms with Gasteiger partial charge in [-0.05, 0) is 19.3 Å². The summed E-state index contributed by atoms with van der Waals surface area (Å²) in [4.78, 5) is 24.9. The highest BCUT2D eigenvalue weighted by molar-refractivity contribution is 5.80. The lowest BCUT2D eigenvalue weighted by atomic mass is 9.91. The van der Waals surface area contributed by atoms with Crippen LogP contribution in [0.15, 0.2) is 0 Å². The van der Waals surface area contributed by atoms with Crippen LogP contribution in [-0.4, -0.2) is 48.6 Å². The lowest BCUT2D eigenvalue weighted by molar-refractivity contribution is -0.140. The number of likely N-dealkylation sites (tertiary alicyclic amines) is 1. The molecule has 2 fully saturated rings. The molecule has 5 nitrogen and oxygen atoms in total. The molecule has 0 saturated carbocycles. The van der Waals surface area contributed by atoms with Gasteiger partial charge in [0.05, 0.1) is 18.1 Å². The van der Waals surface area contributed by atoms with Crippen molar-refractivity contribution in [3.63, 3.8) is 0 Å². The Morgan fingerprint density at radius 1 is 1.39 bits per heavy atom. The van der Waals surface area contributed by atoms with Crippen LogP contribution in [0.2, 0.25) is 0 Å². The van der Waals surface area contributed by atoms with Crippen LogP contribution in [0.1, 0.15) is 33.1 Å². The van der Waals surface area contributed by atoms with Crippen LogP contribution in [0.3, 0.4) is 0 Å². The van der Waals surface area contributed by atoms with Gasteiger partial charge in [0.25, 0.3) is 0 Å². The predicted octanol–water partition coefficient (Wildman–Crippen LogP) is 0.539. The van der Waals surface area contributed by atoms with E-state index in [0.29, 0.717) is 13.1 Å². The minimum Gasteiger partial charge on any atom is -0.377 e. The SMILES string of the molecule is CCC1OCCCC1C(=O)NC1CN(C(C)=O)C1. The first-order valence-electron chi connectivity index (χ1n) is 6.79. The number of hydrogen-bond acceptors (Lipinski definition) is 3. The van der Waals surface area contributed by atoms with Gasteiger partial charge in [0.1, 0.15) is 0 Å². The van der Waals surface area contributed by atoms with Crippen LogP contribution in [0, 0.1) is 5.92 Å². The van der Waals surface area contributed by atoms with Crippen molar-refractivity contribution in [1.82, 2.24) is 10.2 Å². The van der Waals surface area contributed by atoms with Crippen LogP contribution >= 0.6 is 0 Å². The van der Waals surface area contributed by atoms with Crippen LogP contribution in [-0.2, 0) is 14.3 Å². The van der Waals surface area contributed by atoms with E-state index in [1.807, 2.05) is 0 Å². The molecule has 0 aromatic carbocycles. The van der Waals surface area contributed by atoms with E-state index < -0.39 is 0 Å². The third-order valence-corrected chi connectivity index (χ3v) is 3.85. The maximum atomic E-state index is 12.2. The second-order valence-corrected chi connectivity index (χ2v) is 5.20. The van der Waals surface area contributed by atoms with E-state index in [2.05, 4.69) is 12.2 Å². The van der Waals surface area contributed by atoms with E-state index in [-0.39, 0.29) is 29.9 Å². The van der Waals surface area contributed by atoms with E-state index in [1.165, 1.54) is 0 Å². The highest BCUT2D eigenvalue weighted by atomic mass is 16.5. The average Bonchev–Trinajstić information content (AvgIpc) is 2.32. The van der Waals surface area contributed by atoms with E-state index in [4.69, 9.17) is 4.74 Å². The van der Waals surface area contributed by atoms with Gasteiger partial charge in [0.2, 0.25) is 11.8 Å². The average molecular weight is 254 g/mol. The molecule has 18 heavy (non-hydrogen) atoms. The molecule has 0 aromatic heterocycles. The molecule has 2 saturated heterocycles. The van der Waals surface area contributed by atoms with Gasteiger partial charge in [0, 0.05) is 26.6 Å². The number of carbonyl (C=O) groups is 2. The van der Waals surface area contributed by atoms with E-state index in [0.717, 1.165) is 25.9 Å². The van der Waals surface area contributed by atoms with Crippen molar-refractivity contribution >= 4 is 11.8 Å². The second kappa shape index (κ2) is 5.69. The molecule has 2 heterocycles. The van der Waals surface area contributed by atoms with Crippen molar-refractivity contribution in [3.05, 3.63) is 0 Å². The molecule has 0 bridgehead atoms. The monoisotopic (exact) mass is 254 g/mol. The van der Waals surface area contributed by atoms with Crippen molar-refractivity contribution in [3.8, 4) is 0 Å². The van der Waals surface area contributed by atoms with E-state index in [1.54, 1.807) is 11.8 Å². The molecule has 2 amide bonds. The Morgan fingerprint density at radius 3 is 2.72 bits per heavy atom. The van der Waals surface area contributed by atoms with Crippen LogP contribution in [0.4, 0.5) is 0 Å². The highest BCUT2D eigenvalue weighted by Crippen LogP contribution is 2.23. The summed E-state index contributed by atoms with van der Waals surface area (Å²) < 4.78 is 5.63. The Balaban J connectivity index is 1.79. The standard InChI is InChI=1S/C13H22N2O3/c1-3-12-11(5-4-6-18-12)13(17)14-10-7-15(8-10)9(2)16/h10-12H,3-8H2,1-2H3,(H,14,17). The molecule has 0 radical (unpaired) electrons. The van der Waals surface area contributed by atoms with Crippen LogP contribution in [0.5, 0.6) is 0 Å². The molecule has 5 heteroatoms. The van der Waals surface area contributed by atoms with Gasteiger partial charge in [-0.2, -0.15) is 0 Å². The molecule has 2 rings (SSSR count). The van der Waals surface area contributed by atoms with Crippen molar-refractivity contribution in [2.75, 3.05) is 19.7 Å². The lowest BCUT2D eigenvalue weighted by Gasteiger charge is -2.40. The molecule has 0 spiro atoms. The molecular weight excluding hydrogens is 232 g/mol. The summed E-state index contributed by atoms with van der Waals surface area (Å²) in [5.41, 5.74) is 0.